The summed E-state index contributed by atoms with van der Waals surface area (Å²) in [5.41, 5.74) is 2.06. The molecule has 0 aliphatic carbocycles. The van der Waals surface area contributed by atoms with Gasteiger partial charge in [0.1, 0.15) is 11.5 Å². The third-order valence-electron chi connectivity index (χ3n) is 2.53. The molecule has 94 valence electrons. The SMILES string of the molecule is Cc1cc(C(=O)NCCc2cccc(F)c2)n[nH]1. The summed E-state index contributed by atoms with van der Waals surface area (Å²) >= 11 is 0. The lowest BCUT2D eigenvalue weighted by Crippen LogP contribution is -2.26. The molecule has 0 fully saturated rings. The van der Waals surface area contributed by atoms with Crippen molar-refractivity contribution < 1.29 is 9.18 Å². The smallest absolute Gasteiger partial charge is 0.271 e. The molecular formula is C13H14FN3O. The topological polar surface area (TPSA) is 57.8 Å². The lowest BCUT2D eigenvalue weighted by atomic mass is 10.1. The second-order valence-electron chi connectivity index (χ2n) is 4.07. The van der Waals surface area contributed by atoms with Crippen LogP contribution in [0.4, 0.5) is 4.39 Å². The highest BCUT2D eigenvalue weighted by Crippen LogP contribution is 2.04. The zero-order valence-electron chi connectivity index (χ0n) is 10.0. The lowest BCUT2D eigenvalue weighted by molar-refractivity contribution is 0.0949. The molecule has 4 nitrogen and oxygen atoms in total. The Labute approximate surface area is 104 Å². The maximum Gasteiger partial charge on any atom is 0.271 e. The molecule has 2 aromatic rings. The molecule has 2 rings (SSSR count). The summed E-state index contributed by atoms with van der Waals surface area (Å²) in [5.74, 6) is -0.488. The van der Waals surface area contributed by atoms with Crippen molar-refractivity contribution in [2.24, 2.45) is 0 Å². The molecule has 1 amide bonds. The molecule has 0 unspecified atom stereocenters. The molecule has 1 aromatic heterocycles. The molecule has 0 aliphatic rings. The van der Waals surface area contributed by atoms with Crippen molar-refractivity contribution in [2.75, 3.05) is 6.54 Å². The molecule has 1 heterocycles. The van der Waals surface area contributed by atoms with E-state index in [1.807, 2.05) is 13.0 Å². The number of aryl methyl sites for hydroxylation is 1. The second-order valence-corrected chi connectivity index (χ2v) is 4.07. The first kappa shape index (κ1) is 12.3. The quantitative estimate of drug-likeness (QED) is 0.866. The van der Waals surface area contributed by atoms with Gasteiger partial charge in [0.2, 0.25) is 0 Å². The average Bonchev–Trinajstić information content (AvgIpc) is 2.76. The van der Waals surface area contributed by atoms with Crippen molar-refractivity contribution in [1.29, 1.82) is 0 Å². The summed E-state index contributed by atoms with van der Waals surface area (Å²) in [4.78, 5) is 11.6. The number of halogens is 1. The van der Waals surface area contributed by atoms with Gasteiger partial charge in [-0.15, -0.1) is 0 Å². The number of benzene rings is 1. The van der Waals surface area contributed by atoms with Crippen LogP contribution in [-0.4, -0.2) is 22.6 Å². The van der Waals surface area contributed by atoms with E-state index >= 15 is 0 Å². The van der Waals surface area contributed by atoms with Gasteiger partial charge in [0.15, 0.2) is 0 Å². The normalized spacial score (nSPS) is 10.3. The number of hydrogen-bond acceptors (Lipinski definition) is 2. The summed E-state index contributed by atoms with van der Waals surface area (Å²) in [6.07, 6.45) is 0.590. The summed E-state index contributed by atoms with van der Waals surface area (Å²) in [6.45, 7) is 2.28. The minimum Gasteiger partial charge on any atom is -0.350 e. The van der Waals surface area contributed by atoms with Gasteiger partial charge in [0, 0.05) is 12.2 Å². The van der Waals surface area contributed by atoms with Crippen LogP contribution >= 0.6 is 0 Å². The summed E-state index contributed by atoms with van der Waals surface area (Å²) in [5, 5.41) is 9.30. The van der Waals surface area contributed by atoms with Crippen LogP contribution in [0.25, 0.3) is 0 Å². The Morgan fingerprint density at radius 1 is 1.44 bits per heavy atom. The van der Waals surface area contributed by atoms with Crippen LogP contribution in [0.3, 0.4) is 0 Å². The zero-order valence-corrected chi connectivity index (χ0v) is 10.0. The monoisotopic (exact) mass is 247 g/mol. The Morgan fingerprint density at radius 2 is 2.28 bits per heavy atom. The average molecular weight is 247 g/mol. The third kappa shape index (κ3) is 3.16. The number of carbonyl (C=O) groups is 1. The number of hydrogen-bond donors (Lipinski definition) is 2. The van der Waals surface area contributed by atoms with Gasteiger partial charge in [-0.25, -0.2) is 4.39 Å². The van der Waals surface area contributed by atoms with Crippen molar-refractivity contribution in [1.82, 2.24) is 15.5 Å². The number of carbonyl (C=O) groups excluding carboxylic acids is 1. The van der Waals surface area contributed by atoms with Crippen molar-refractivity contribution in [3.05, 3.63) is 53.1 Å². The number of aromatic amines is 1. The maximum atomic E-state index is 12.9. The van der Waals surface area contributed by atoms with E-state index in [9.17, 15) is 9.18 Å². The van der Waals surface area contributed by atoms with Gasteiger partial charge < -0.3 is 5.32 Å². The van der Waals surface area contributed by atoms with Crippen LogP contribution in [0.5, 0.6) is 0 Å². The molecule has 0 radical (unpaired) electrons. The fourth-order valence-electron chi connectivity index (χ4n) is 1.64. The zero-order chi connectivity index (χ0) is 13.0. The first-order valence-electron chi connectivity index (χ1n) is 5.70. The highest BCUT2D eigenvalue weighted by Gasteiger charge is 2.08. The fourth-order valence-corrected chi connectivity index (χ4v) is 1.64. The van der Waals surface area contributed by atoms with E-state index in [0.29, 0.717) is 18.7 Å². The molecule has 18 heavy (non-hydrogen) atoms. The van der Waals surface area contributed by atoms with Gasteiger partial charge in [0.05, 0.1) is 0 Å². The van der Waals surface area contributed by atoms with Crippen molar-refractivity contribution in [3.8, 4) is 0 Å². The molecule has 0 saturated carbocycles. The van der Waals surface area contributed by atoms with E-state index in [0.717, 1.165) is 11.3 Å². The molecule has 0 saturated heterocycles. The first-order valence-corrected chi connectivity index (χ1v) is 5.70. The standard InChI is InChI=1S/C13H14FN3O/c1-9-7-12(17-16-9)13(18)15-6-5-10-3-2-4-11(14)8-10/h2-4,7-8H,5-6H2,1H3,(H,15,18)(H,16,17). The summed E-state index contributed by atoms with van der Waals surface area (Å²) in [7, 11) is 0. The minimum absolute atomic E-state index is 0.226. The van der Waals surface area contributed by atoms with Gasteiger partial charge in [-0.1, -0.05) is 12.1 Å². The lowest BCUT2D eigenvalue weighted by Gasteiger charge is -2.03. The van der Waals surface area contributed by atoms with Gasteiger partial charge in [-0.2, -0.15) is 5.10 Å². The predicted molar refractivity (Wildman–Crippen MR) is 65.8 cm³/mol. The van der Waals surface area contributed by atoms with Crippen molar-refractivity contribution in [2.45, 2.75) is 13.3 Å². The molecule has 0 spiro atoms. The highest BCUT2D eigenvalue weighted by atomic mass is 19.1. The first-order chi connectivity index (χ1) is 8.65. The van der Waals surface area contributed by atoms with E-state index in [-0.39, 0.29) is 11.7 Å². The number of rotatable bonds is 4. The van der Waals surface area contributed by atoms with Gasteiger partial charge >= 0.3 is 0 Å². The summed E-state index contributed by atoms with van der Waals surface area (Å²) in [6, 6.07) is 8.02. The number of H-pyrrole nitrogens is 1. The van der Waals surface area contributed by atoms with Crippen LogP contribution in [-0.2, 0) is 6.42 Å². The highest BCUT2D eigenvalue weighted by molar-refractivity contribution is 5.92. The summed E-state index contributed by atoms with van der Waals surface area (Å²) < 4.78 is 12.9. The van der Waals surface area contributed by atoms with Crippen LogP contribution in [0.1, 0.15) is 21.7 Å². The largest absolute Gasteiger partial charge is 0.350 e. The Hall–Kier alpha value is -2.17. The third-order valence-corrected chi connectivity index (χ3v) is 2.53. The maximum absolute atomic E-state index is 12.9. The van der Waals surface area contributed by atoms with Crippen LogP contribution < -0.4 is 5.32 Å². The molecule has 5 heteroatoms. The van der Waals surface area contributed by atoms with Crippen molar-refractivity contribution >= 4 is 5.91 Å². The van der Waals surface area contributed by atoms with E-state index in [2.05, 4.69) is 15.5 Å². The number of aromatic nitrogens is 2. The molecule has 0 aliphatic heterocycles. The van der Waals surface area contributed by atoms with E-state index < -0.39 is 0 Å². The predicted octanol–water partition coefficient (Wildman–Crippen LogP) is 1.83. The van der Waals surface area contributed by atoms with E-state index in [4.69, 9.17) is 0 Å². The van der Waals surface area contributed by atoms with E-state index in [1.54, 1.807) is 12.1 Å². The van der Waals surface area contributed by atoms with Crippen molar-refractivity contribution in [3.63, 3.8) is 0 Å². The number of nitrogens with zero attached hydrogens (tertiary/aromatic N) is 1. The molecule has 1 aromatic carbocycles. The van der Waals surface area contributed by atoms with Gasteiger partial charge in [-0.3, -0.25) is 9.89 Å². The van der Waals surface area contributed by atoms with Crippen LogP contribution in [0.2, 0.25) is 0 Å². The minimum atomic E-state index is -0.262. The van der Waals surface area contributed by atoms with Crippen LogP contribution in [0.15, 0.2) is 30.3 Å². The number of nitrogens with one attached hydrogen (secondary N) is 2. The Balaban J connectivity index is 1.84. The van der Waals surface area contributed by atoms with Gasteiger partial charge in [-0.05, 0) is 37.1 Å². The Morgan fingerprint density at radius 3 is 2.94 bits per heavy atom. The molecule has 0 bridgehead atoms. The van der Waals surface area contributed by atoms with Crippen LogP contribution in [0, 0.1) is 12.7 Å². The molecule has 2 N–H and O–H groups in total. The number of amides is 1. The fraction of sp³-hybridized carbons (Fsp3) is 0.231. The van der Waals surface area contributed by atoms with E-state index in [1.165, 1.54) is 12.1 Å². The second kappa shape index (κ2) is 5.44. The Kier molecular flexibility index (Phi) is 3.72. The molecule has 0 atom stereocenters. The molecular weight excluding hydrogens is 233 g/mol. The van der Waals surface area contributed by atoms with Gasteiger partial charge in [0.25, 0.3) is 5.91 Å². The Bertz CT molecular complexity index is 551.